The van der Waals surface area contributed by atoms with E-state index in [1.807, 2.05) is 6.92 Å². The summed E-state index contributed by atoms with van der Waals surface area (Å²) in [7, 11) is 0. The van der Waals surface area contributed by atoms with Crippen LogP contribution in [0.15, 0.2) is 0 Å². The summed E-state index contributed by atoms with van der Waals surface area (Å²) in [6.45, 7) is 4.27. The van der Waals surface area contributed by atoms with Crippen molar-refractivity contribution in [1.82, 2.24) is 9.97 Å². The third kappa shape index (κ3) is 2.86. The Balaban J connectivity index is 1.78. The Morgan fingerprint density at radius 1 is 1.16 bits per heavy atom. The van der Waals surface area contributed by atoms with Crippen LogP contribution in [-0.2, 0) is 0 Å². The van der Waals surface area contributed by atoms with Crippen LogP contribution in [0.1, 0.15) is 62.8 Å². The fraction of sp³-hybridized carbons (Fsp3) is 0.733. The summed E-state index contributed by atoms with van der Waals surface area (Å²) in [5.41, 5.74) is 0.982. The molecule has 2 saturated carbocycles. The number of halogens is 1. The quantitative estimate of drug-likeness (QED) is 0.835. The van der Waals surface area contributed by atoms with Crippen LogP contribution >= 0.6 is 11.6 Å². The van der Waals surface area contributed by atoms with Crippen LogP contribution in [-0.4, -0.2) is 16.0 Å². The van der Waals surface area contributed by atoms with Gasteiger partial charge in [-0.25, -0.2) is 9.97 Å². The average Bonchev–Trinajstić information content (AvgIpc) is 3.09. The lowest BCUT2D eigenvalue weighted by Crippen LogP contribution is -2.25. The largest absolute Gasteiger partial charge is 0.367 e. The van der Waals surface area contributed by atoms with Crippen molar-refractivity contribution in [2.75, 3.05) is 5.32 Å². The van der Waals surface area contributed by atoms with Crippen molar-refractivity contribution in [1.29, 1.82) is 0 Å². The fourth-order valence-electron chi connectivity index (χ4n) is 2.96. The highest BCUT2D eigenvalue weighted by molar-refractivity contribution is 6.30. The second-order valence-electron chi connectivity index (χ2n) is 6.10. The first-order chi connectivity index (χ1) is 9.15. The van der Waals surface area contributed by atoms with E-state index in [0.29, 0.717) is 17.1 Å². The Morgan fingerprint density at radius 3 is 2.47 bits per heavy atom. The van der Waals surface area contributed by atoms with Crippen molar-refractivity contribution in [3.8, 4) is 0 Å². The summed E-state index contributed by atoms with van der Waals surface area (Å²) in [5.74, 6) is 3.19. The molecular formula is C15H22ClN3. The van der Waals surface area contributed by atoms with Crippen molar-refractivity contribution < 1.29 is 0 Å². The van der Waals surface area contributed by atoms with Gasteiger partial charge in [0.05, 0.1) is 0 Å². The lowest BCUT2D eigenvalue weighted by atomic mass is 10.00. The van der Waals surface area contributed by atoms with Crippen molar-refractivity contribution >= 4 is 17.4 Å². The monoisotopic (exact) mass is 279 g/mol. The lowest BCUT2D eigenvalue weighted by molar-refractivity contribution is 0.480. The minimum atomic E-state index is 0.471. The standard InChI is InChI=1S/C15H22ClN3/c1-9-13(16)18-15(12-7-8-12)19-14(9)17-10(2)11-5-3-4-6-11/h10-12H,3-8H2,1-2H3,(H,17,18,19). The van der Waals surface area contributed by atoms with E-state index >= 15 is 0 Å². The van der Waals surface area contributed by atoms with E-state index in [2.05, 4.69) is 17.2 Å². The van der Waals surface area contributed by atoms with Gasteiger partial charge in [-0.2, -0.15) is 0 Å². The SMILES string of the molecule is Cc1c(Cl)nc(C2CC2)nc1NC(C)C1CCCC1. The van der Waals surface area contributed by atoms with E-state index in [1.54, 1.807) is 0 Å². The van der Waals surface area contributed by atoms with Gasteiger partial charge in [-0.3, -0.25) is 0 Å². The van der Waals surface area contributed by atoms with Crippen LogP contribution in [0.3, 0.4) is 0 Å². The highest BCUT2D eigenvalue weighted by atomic mass is 35.5. The summed E-state index contributed by atoms with van der Waals surface area (Å²) in [6, 6.07) is 0.471. The molecule has 3 nitrogen and oxygen atoms in total. The highest BCUT2D eigenvalue weighted by Crippen LogP contribution is 2.39. The van der Waals surface area contributed by atoms with Gasteiger partial charge in [0.15, 0.2) is 0 Å². The predicted octanol–water partition coefficient (Wildman–Crippen LogP) is 4.31. The first-order valence-corrected chi connectivity index (χ1v) is 7.83. The zero-order valence-electron chi connectivity index (χ0n) is 11.7. The molecule has 1 aromatic rings. The molecule has 1 unspecified atom stereocenters. The van der Waals surface area contributed by atoms with Crippen LogP contribution in [0.2, 0.25) is 5.15 Å². The maximum absolute atomic E-state index is 6.24. The maximum Gasteiger partial charge on any atom is 0.137 e. The predicted molar refractivity (Wildman–Crippen MR) is 78.8 cm³/mol. The van der Waals surface area contributed by atoms with Crippen LogP contribution < -0.4 is 5.32 Å². The van der Waals surface area contributed by atoms with Crippen LogP contribution in [0.25, 0.3) is 0 Å². The number of rotatable bonds is 4. The van der Waals surface area contributed by atoms with Crippen LogP contribution in [0.5, 0.6) is 0 Å². The molecule has 0 aliphatic heterocycles. The molecule has 2 aliphatic carbocycles. The van der Waals surface area contributed by atoms with Crippen molar-refractivity contribution in [2.45, 2.75) is 64.3 Å². The molecule has 0 amide bonds. The Bertz CT molecular complexity index is 465. The molecule has 104 valence electrons. The molecule has 0 aromatic carbocycles. The molecular weight excluding hydrogens is 258 g/mol. The molecule has 4 heteroatoms. The molecule has 0 saturated heterocycles. The highest BCUT2D eigenvalue weighted by Gasteiger charge is 2.29. The first-order valence-electron chi connectivity index (χ1n) is 7.45. The number of anilines is 1. The molecule has 0 bridgehead atoms. The van der Waals surface area contributed by atoms with Gasteiger partial charge in [0, 0.05) is 17.5 Å². The van der Waals surface area contributed by atoms with E-state index < -0.39 is 0 Å². The molecule has 2 fully saturated rings. The van der Waals surface area contributed by atoms with E-state index in [4.69, 9.17) is 16.6 Å². The molecule has 19 heavy (non-hydrogen) atoms. The molecule has 1 heterocycles. The number of nitrogens with zero attached hydrogens (tertiary/aromatic N) is 2. The molecule has 1 N–H and O–H groups in total. The van der Waals surface area contributed by atoms with Gasteiger partial charge in [-0.15, -0.1) is 0 Å². The molecule has 1 aromatic heterocycles. The fourth-order valence-corrected chi connectivity index (χ4v) is 3.14. The Labute approximate surface area is 120 Å². The topological polar surface area (TPSA) is 37.8 Å². The van der Waals surface area contributed by atoms with E-state index in [-0.39, 0.29) is 0 Å². The number of hydrogen-bond donors (Lipinski definition) is 1. The van der Waals surface area contributed by atoms with Crippen LogP contribution in [0.4, 0.5) is 5.82 Å². The molecule has 0 spiro atoms. The summed E-state index contributed by atoms with van der Waals surface area (Å²) >= 11 is 6.24. The molecule has 3 rings (SSSR count). The van der Waals surface area contributed by atoms with Crippen molar-refractivity contribution in [2.24, 2.45) is 5.92 Å². The van der Waals surface area contributed by atoms with Gasteiger partial charge in [-0.1, -0.05) is 24.4 Å². The Kier molecular flexibility index (Phi) is 3.66. The van der Waals surface area contributed by atoms with E-state index in [0.717, 1.165) is 23.1 Å². The third-order valence-electron chi connectivity index (χ3n) is 4.52. The second-order valence-corrected chi connectivity index (χ2v) is 6.46. The lowest BCUT2D eigenvalue weighted by Gasteiger charge is -2.22. The summed E-state index contributed by atoms with van der Waals surface area (Å²) in [6.07, 6.45) is 7.82. The van der Waals surface area contributed by atoms with Gasteiger partial charge in [-0.05, 0) is 45.4 Å². The average molecular weight is 280 g/mol. The first kappa shape index (κ1) is 13.2. The number of nitrogens with one attached hydrogen (secondary N) is 1. The summed E-state index contributed by atoms with van der Waals surface area (Å²) < 4.78 is 0. The van der Waals surface area contributed by atoms with Gasteiger partial charge >= 0.3 is 0 Å². The number of hydrogen-bond acceptors (Lipinski definition) is 3. The Morgan fingerprint density at radius 2 is 1.84 bits per heavy atom. The zero-order chi connectivity index (χ0) is 13.4. The summed E-state index contributed by atoms with van der Waals surface area (Å²) in [5, 5.41) is 4.19. The van der Waals surface area contributed by atoms with Crippen LogP contribution in [0, 0.1) is 12.8 Å². The van der Waals surface area contributed by atoms with E-state index in [1.165, 1.54) is 38.5 Å². The normalized spacial score (nSPS) is 21.6. The minimum Gasteiger partial charge on any atom is -0.367 e. The molecule has 1 atom stereocenters. The smallest absolute Gasteiger partial charge is 0.137 e. The van der Waals surface area contributed by atoms with Crippen molar-refractivity contribution in [3.05, 3.63) is 16.5 Å². The minimum absolute atomic E-state index is 0.471. The summed E-state index contributed by atoms with van der Waals surface area (Å²) in [4.78, 5) is 9.11. The van der Waals surface area contributed by atoms with Crippen molar-refractivity contribution in [3.63, 3.8) is 0 Å². The zero-order valence-corrected chi connectivity index (χ0v) is 12.5. The van der Waals surface area contributed by atoms with Gasteiger partial charge in [0.1, 0.15) is 16.8 Å². The third-order valence-corrected chi connectivity index (χ3v) is 4.89. The van der Waals surface area contributed by atoms with Gasteiger partial charge < -0.3 is 5.32 Å². The molecule has 0 radical (unpaired) electrons. The maximum atomic E-state index is 6.24. The second kappa shape index (κ2) is 5.28. The number of aromatic nitrogens is 2. The van der Waals surface area contributed by atoms with E-state index in [9.17, 15) is 0 Å². The van der Waals surface area contributed by atoms with Gasteiger partial charge in [0.25, 0.3) is 0 Å². The van der Waals surface area contributed by atoms with Gasteiger partial charge in [0.2, 0.25) is 0 Å². The molecule has 2 aliphatic rings. The Hall–Kier alpha value is -0.830.